The molecule has 0 radical (unpaired) electrons. The predicted octanol–water partition coefficient (Wildman–Crippen LogP) is 3.57. The van der Waals surface area contributed by atoms with Crippen LogP contribution in [0.5, 0.6) is 0 Å². The fourth-order valence-electron chi connectivity index (χ4n) is 1.59. The number of halogens is 1. The van der Waals surface area contributed by atoms with Gasteiger partial charge in [0.1, 0.15) is 9.92 Å². The van der Waals surface area contributed by atoms with Crippen LogP contribution in [0, 0.1) is 0 Å². The molecule has 112 valence electrons. The minimum absolute atomic E-state index is 0.155. The van der Waals surface area contributed by atoms with Gasteiger partial charge in [0.15, 0.2) is 0 Å². The molecule has 0 fully saturated rings. The third-order valence-corrected chi connectivity index (χ3v) is 5.30. The minimum atomic E-state index is -3.49. The molecule has 0 bridgehead atoms. The summed E-state index contributed by atoms with van der Waals surface area (Å²) in [5.74, 6) is 0. The lowest BCUT2D eigenvalue weighted by Crippen LogP contribution is -2.30. The standard InChI is InChI=1S/C14H15ClN2O2S2/c1-10(2)17-21(18,19)13-7-8-14(16-9-13)20-12-5-3-11(15)4-6-12/h3-10,17H,1-2H3. The molecule has 2 rings (SSSR count). The monoisotopic (exact) mass is 342 g/mol. The van der Waals surface area contributed by atoms with E-state index < -0.39 is 10.0 Å². The van der Waals surface area contributed by atoms with E-state index in [9.17, 15) is 8.42 Å². The van der Waals surface area contributed by atoms with Crippen molar-refractivity contribution >= 4 is 33.4 Å². The fourth-order valence-corrected chi connectivity index (χ4v) is 3.66. The first-order chi connectivity index (χ1) is 9.87. The molecule has 0 saturated heterocycles. The third-order valence-electron chi connectivity index (χ3n) is 2.45. The van der Waals surface area contributed by atoms with E-state index in [2.05, 4.69) is 9.71 Å². The molecule has 0 amide bonds. The number of nitrogens with zero attached hydrogens (tertiary/aromatic N) is 1. The zero-order valence-electron chi connectivity index (χ0n) is 11.6. The average molecular weight is 343 g/mol. The number of hydrogen-bond acceptors (Lipinski definition) is 4. The first kappa shape index (κ1) is 16.3. The zero-order chi connectivity index (χ0) is 15.5. The molecular weight excluding hydrogens is 328 g/mol. The Balaban J connectivity index is 2.14. The quantitative estimate of drug-likeness (QED) is 0.902. The molecule has 2 aromatic rings. The van der Waals surface area contributed by atoms with Gasteiger partial charge in [0.2, 0.25) is 10.0 Å². The van der Waals surface area contributed by atoms with E-state index >= 15 is 0 Å². The van der Waals surface area contributed by atoms with Crippen LogP contribution in [0.2, 0.25) is 5.02 Å². The van der Waals surface area contributed by atoms with Gasteiger partial charge in [-0.1, -0.05) is 23.4 Å². The molecule has 1 heterocycles. The van der Waals surface area contributed by atoms with Gasteiger partial charge in [-0.15, -0.1) is 0 Å². The highest BCUT2D eigenvalue weighted by molar-refractivity contribution is 7.99. The highest BCUT2D eigenvalue weighted by Crippen LogP contribution is 2.27. The van der Waals surface area contributed by atoms with Crippen LogP contribution in [0.25, 0.3) is 0 Å². The van der Waals surface area contributed by atoms with Crippen molar-refractivity contribution in [2.24, 2.45) is 0 Å². The largest absolute Gasteiger partial charge is 0.248 e. The van der Waals surface area contributed by atoms with E-state index in [4.69, 9.17) is 11.6 Å². The van der Waals surface area contributed by atoms with Crippen LogP contribution < -0.4 is 4.72 Å². The van der Waals surface area contributed by atoms with Crippen molar-refractivity contribution in [2.75, 3.05) is 0 Å². The molecule has 1 N–H and O–H groups in total. The van der Waals surface area contributed by atoms with Crippen LogP contribution in [0.15, 0.2) is 57.4 Å². The Hall–Kier alpha value is -1.08. The summed E-state index contributed by atoms with van der Waals surface area (Å²) in [5, 5.41) is 1.40. The molecule has 0 aliphatic carbocycles. The minimum Gasteiger partial charge on any atom is -0.248 e. The van der Waals surface area contributed by atoms with Crippen molar-refractivity contribution in [1.82, 2.24) is 9.71 Å². The Kier molecular flexibility index (Phi) is 5.27. The summed E-state index contributed by atoms with van der Waals surface area (Å²) in [4.78, 5) is 5.33. The van der Waals surface area contributed by atoms with Crippen molar-refractivity contribution < 1.29 is 8.42 Å². The van der Waals surface area contributed by atoms with Gasteiger partial charge in [-0.2, -0.15) is 0 Å². The normalized spacial score (nSPS) is 11.8. The van der Waals surface area contributed by atoms with Gasteiger partial charge in [0.05, 0.1) is 0 Å². The number of nitrogens with one attached hydrogen (secondary N) is 1. The fraction of sp³-hybridized carbons (Fsp3) is 0.214. The molecular formula is C14H15ClN2O2S2. The Morgan fingerprint density at radius 1 is 1.14 bits per heavy atom. The van der Waals surface area contributed by atoms with Crippen LogP contribution in [-0.4, -0.2) is 19.4 Å². The highest BCUT2D eigenvalue weighted by atomic mass is 35.5. The van der Waals surface area contributed by atoms with Gasteiger partial charge >= 0.3 is 0 Å². The third kappa shape index (κ3) is 4.71. The maximum Gasteiger partial charge on any atom is 0.242 e. The number of benzene rings is 1. The molecule has 1 aromatic heterocycles. The van der Waals surface area contributed by atoms with Crippen molar-refractivity contribution in [2.45, 2.75) is 34.7 Å². The van der Waals surface area contributed by atoms with Gasteiger partial charge in [0, 0.05) is 22.2 Å². The molecule has 0 atom stereocenters. The molecule has 21 heavy (non-hydrogen) atoms. The van der Waals surface area contributed by atoms with E-state index in [0.29, 0.717) is 5.02 Å². The molecule has 4 nitrogen and oxygen atoms in total. The summed E-state index contributed by atoms with van der Waals surface area (Å²) in [7, 11) is -3.49. The van der Waals surface area contributed by atoms with E-state index in [1.54, 1.807) is 38.1 Å². The number of hydrogen-bond donors (Lipinski definition) is 1. The Labute approximate surface area is 134 Å². The SMILES string of the molecule is CC(C)NS(=O)(=O)c1ccc(Sc2ccc(Cl)cc2)nc1. The molecule has 0 unspecified atom stereocenters. The van der Waals surface area contributed by atoms with Crippen molar-refractivity contribution in [3.8, 4) is 0 Å². The Morgan fingerprint density at radius 2 is 1.81 bits per heavy atom. The molecule has 1 aromatic carbocycles. The van der Waals surface area contributed by atoms with Gasteiger partial charge in [-0.25, -0.2) is 18.1 Å². The number of rotatable bonds is 5. The van der Waals surface area contributed by atoms with E-state index in [1.165, 1.54) is 18.0 Å². The zero-order valence-corrected chi connectivity index (χ0v) is 14.0. The Morgan fingerprint density at radius 3 is 2.33 bits per heavy atom. The second kappa shape index (κ2) is 6.79. The summed E-state index contributed by atoms with van der Waals surface area (Å²) in [6.07, 6.45) is 1.36. The molecule has 0 spiro atoms. The lowest BCUT2D eigenvalue weighted by Gasteiger charge is -2.09. The molecule has 0 aliphatic rings. The van der Waals surface area contributed by atoms with Crippen LogP contribution in [0.1, 0.15) is 13.8 Å². The summed E-state index contributed by atoms with van der Waals surface area (Å²) >= 11 is 7.27. The maximum absolute atomic E-state index is 12.0. The van der Waals surface area contributed by atoms with Crippen LogP contribution in [0.3, 0.4) is 0 Å². The average Bonchev–Trinajstić information content (AvgIpc) is 2.41. The second-order valence-electron chi connectivity index (χ2n) is 4.66. The lowest BCUT2D eigenvalue weighted by molar-refractivity contribution is 0.569. The van der Waals surface area contributed by atoms with Crippen molar-refractivity contribution in [3.05, 3.63) is 47.6 Å². The molecule has 0 saturated carbocycles. The molecule has 0 aliphatic heterocycles. The van der Waals surface area contributed by atoms with Crippen LogP contribution in [-0.2, 0) is 10.0 Å². The van der Waals surface area contributed by atoms with Crippen LogP contribution >= 0.6 is 23.4 Å². The van der Waals surface area contributed by atoms with Crippen LogP contribution in [0.4, 0.5) is 0 Å². The van der Waals surface area contributed by atoms with E-state index in [0.717, 1.165) is 9.92 Å². The van der Waals surface area contributed by atoms with E-state index in [1.807, 2.05) is 12.1 Å². The number of sulfonamides is 1. The first-order valence-corrected chi connectivity index (χ1v) is 8.96. The highest BCUT2D eigenvalue weighted by Gasteiger charge is 2.15. The van der Waals surface area contributed by atoms with Gasteiger partial charge in [-0.05, 0) is 50.2 Å². The maximum atomic E-state index is 12.0. The summed E-state index contributed by atoms with van der Waals surface area (Å²) in [6.45, 7) is 3.55. The predicted molar refractivity (Wildman–Crippen MR) is 85.3 cm³/mol. The van der Waals surface area contributed by atoms with Gasteiger partial charge in [-0.3, -0.25) is 0 Å². The molecule has 7 heteroatoms. The van der Waals surface area contributed by atoms with E-state index in [-0.39, 0.29) is 10.9 Å². The summed E-state index contributed by atoms with van der Waals surface area (Å²) in [6, 6.07) is 10.5. The van der Waals surface area contributed by atoms with Crippen molar-refractivity contribution in [3.63, 3.8) is 0 Å². The summed E-state index contributed by atoms with van der Waals surface area (Å²) < 4.78 is 26.5. The van der Waals surface area contributed by atoms with Crippen molar-refractivity contribution in [1.29, 1.82) is 0 Å². The lowest BCUT2D eigenvalue weighted by atomic mass is 10.4. The topological polar surface area (TPSA) is 59.1 Å². The van der Waals surface area contributed by atoms with Gasteiger partial charge < -0.3 is 0 Å². The Bertz CT molecular complexity index is 699. The number of aromatic nitrogens is 1. The number of pyridine rings is 1. The van der Waals surface area contributed by atoms with Gasteiger partial charge in [0.25, 0.3) is 0 Å². The first-order valence-electron chi connectivity index (χ1n) is 6.28. The summed E-state index contributed by atoms with van der Waals surface area (Å²) in [5.41, 5.74) is 0. The smallest absolute Gasteiger partial charge is 0.242 e. The second-order valence-corrected chi connectivity index (χ2v) is 7.91.